The van der Waals surface area contributed by atoms with E-state index in [0.29, 0.717) is 17.6 Å². The second-order valence-electron chi connectivity index (χ2n) is 9.13. The highest BCUT2D eigenvalue weighted by atomic mass is 16.1. The van der Waals surface area contributed by atoms with Crippen LogP contribution < -0.4 is 15.1 Å². The molecule has 7 heteroatoms. The molecule has 166 valence electrons. The number of carbonyl (C=O) groups excluding carboxylic acids is 1. The molecule has 0 aliphatic carbocycles. The fourth-order valence-corrected chi connectivity index (χ4v) is 5.62. The maximum atomic E-state index is 12.9. The molecule has 5 rings (SSSR count). The van der Waals surface area contributed by atoms with Crippen molar-refractivity contribution < 1.29 is 4.79 Å². The van der Waals surface area contributed by atoms with E-state index in [4.69, 9.17) is 0 Å². The average Bonchev–Trinajstić information content (AvgIpc) is 3.58. The lowest BCUT2D eigenvalue weighted by atomic mass is 10.0. The van der Waals surface area contributed by atoms with Crippen LogP contribution in [0.5, 0.6) is 0 Å². The molecule has 3 atom stereocenters. The number of amides is 1. The van der Waals surface area contributed by atoms with Gasteiger partial charge in [-0.25, -0.2) is 9.67 Å². The summed E-state index contributed by atoms with van der Waals surface area (Å²) in [6, 6.07) is 15.2. The first-order valence-corrected chi connectivity index (χ1v) is 11.5. The first-order valence-electron chi connectivity index (χ1n) is 11.5. The van der Waals surface area contributed by atoms with Gasteiger partial charge in [0.05, 0.1) is 18.3 Å². The Hall–Kier alpha value is -3.03. The Kier molecular flexibility index (Phi) is 5.53. The lowest BCUT2D eigenvalue weighted by molar-refractivity contribution is 0.102. The molecule has 7 nitrogen and oxygen atoms in total. The molecule has 0 bridgehead atoms. The monoisotopic (exact) mass is 431 g/mol. The lowest BCUT2D eigenvalue weighted by Crippen LogP contribution is -2.59. The van der Waals surface area contributed by atoms with Crippen LogP contribution in [0, 0.1) is 6.92 Å². The summed E-state index contributed by atoms with van der Waals surface area (Å²) in [6.45, 7) is 7.90. The summed E-state index contributed by atoms with van der Waals surface area (Å²) in [6.07, 6.45) is 6.91. The Morgan fingerprint density at radius 3 is 2.66 bits per heavy atom. The second-order valence-corrected chi connectivity index (χ2v) is 9.13. The predicted octanol–water partition coefficient (Wildman–Crippen LogP) is 3.68. The highest BCUT2D eigenvalue weighted by Gasteiger charge is 2.48. The zero-order chi connectivity index (χ0) is 22.1. The zero-order valence-electron chi connectivity index (χ0n) is 18.8. The van der Waals surface area contributed by atoms with Gasteiger partial charge in [0.25, 0.3) is 5.91 Å². The van der Waals surface area contributed by atoms with Gasteiger partial charge in [-0.05, 0) is 49.7 Å². The van der Waals surface area contributed by atoms with Crippen molar-refractivity contribution in [1.82, 2.24) is 24.6 Å². The lowest BCUT2D eigenvalue weighted by Gasteiger charge is -2.43. The third-order valence-corrected chi connectivity index (χ3v) is 7.37. The third kappa shape index (κ3) is 3.61. The van der Waals surface area contributed by atoms with Crippen LogP contribution in [-0.4, -0.2) is 52.4 Å². The number of benzene rings is 2. The molecule has 2 aromatic carbocycles. The number of hydrogen-bond donors (Lipinski definition) is 2. The van der Waals surface area contributed by atoms with Gasteiger partial charge in [0.1, 0.15) is 24.4 Å². The molecule has 2 aliphatic rings. The molecule has 0 saturated carbocycles. The number of nitrogens with zero attached hydrogens (tertiary/aromatic N) is 4. The quantitative estimate of drug-likeness (QED) is 0.605. The Labute approximate surface area is 189 Å². The largest absolute Gasteiger partial charge is 0.322 e. The van der Waals surface area contributed by atoms with Crippen molar-refractivity contribution in [2.75, 3.05) is 25.0 Å². The topological polar surface area (TPSA) is 71.8 Å². The maximum Gasteiger partial charge on any atom is 0.255 e. The highest BCUT2D eigenvalue weighted by Crippen LogP contribution is 2.40. The molecule has 32 heavy (non-hydrogen) atoms. The van der Waals surface area contributed by atoms with Crippen LogP contribution in [0.4, 0.5) is 11.4 Å². The number of nitrogens with one attached hydrogen (secondary N) is 2. The van der Waals surface area contributed by atoms with Crippen LogP contribution >= 0.6 is 0 Å². The van der Waals surface area contributed by atoms with Gasteiger partial charge in [0, 0.05) is 55.7 Å². The zero-order valence-corrected chi connectivity index (χ0v) is 18.8. The van der Waals surface area contributed by atoms with E-state index in [1.54, 1.807) is 11.0 Å². The van der Waals surface area contributed by atoms with Crippen molar-refractivity contribution in [2.45, 2.75) is 45.2 Å². The van der Waals surface area contributed by atoms with Crippen LogP contribution in [0.15, 0.2) is 55.1 Å². The van der Waals surface area contributed by atoms with Gasteiger partial charge in [-0.3, -0.25) is 9.28 Å². The van der Waals surface area contributed by atoms with E-state index in [1.165, 1.54) is 37.8 Å². The molecule has 1 amide bonds. The molecule has 0 spiro atoms. The van der Waals surface area contributed by atoms with Crippen LogP contribution in [-0.2, 0) is 0 Å². The Morgan fingerprint density at radius 1 is 1.19 bits per heavy atom. The fraction of sp³-hybridized carbons (Fsp3) is 0.400. The normalized spacial score (nSPS) is 25.2. The van der Waals surface area contributed by atoms with E-state index in [2.05, 4.69) is 52.8 Å². The first-order chi connectivity index (χ1) is 15.6. The van der Waals surface area contributed by atoms with E-state index in [0.717, 1.165) is 34.5 Å². The van der Waals surface area contributed by atoms with Crippen LogP contribution in [0.25, 0.3) is 5.69 Å². The number of aryl methyl sites for hydroxylation is 1. The summed E-state index contributed by atoms with van der Waals surface area (Å²) in [7, 11) is 0. The summed E-state index contributed by atoms with van der Waals surface area (Å²) < 4.78 is 2.74. The molecule has 0 radical (unpaired) electrons. The van der Waals surface area contributed by atoms with Crippen LogP contribution in [0.2, 0.25) is 0 Å². The summed E-state index contributed by atoms with van der Waals surface area (Å²) in [5, 5.41) is 10.8. The Morgan fingerprint density at radius 2 is 2.03 bits per heavy atom. The van der Waals surface area contributed by atoms with Gasteiger partial charge in [0.2, 0.25) is 0 Å². The van der Waals surface area contributed by atoms with E-state index >= 15 is 0 Å². The van der Waals surface area contributed by atoms with Crippen molar-refractivity contribution in [1.29, 1.82) is 0 Å². The molecule has 2 aliphatic heterocycles. The second kappa shape index (κ2) is 8.48. The predicted molar refractivity (Wildman–Crippen MR) is 127 cm³/mol. The van der Waals surface area contributed by atoms with E-state index in [1.807, 2.05) is 24.3 Å². The SMILES string of the molecule is Cc1cc([N+]2(C3CCNC3)CCCC2C)ccc1NC(=O)c1ccc(-n2cncn2)cc1. The molecule has 3 aromatic rings. The van der Waals surface area contributed by atoms with E-state index in [-0.39, 0.29) is 5.91 Å². The van der Waals surface area contributed by atoms with E-state index < -0.39 is 0 Å². The number of quaternary nitrogens is 1. The summed E-state index contributed by atoms with van der Waals surface area (Å²) in [4.78, 5) is 16.8. The van der Waals surface area contributed by atoms with E-state index in [9.17, 15) is 4.79 Å². The third-order valence-electron chi connectivity index (χ3n) is 7.37. The van der Waals surface area contributed by atoms with Gasteiger partial charge < -0.3 is 10.6 Å². The van der Waals surface area contributed by atoms with Gasteiger partial charge in [-0.2, -0.15) is 5.10 Å². The maximum absolute atomic E-state index is 12.9. The van der Waals surface area contributed by atoms with Crippen LogP contribution in [0.3, 0.4) is 0 Å². The molecule has 1 aromatic heterocycles. The van der Waals surface area contributed by atoms with Crippen LogP contribution in [0.1, 0.15) is 42.1 Å². The number of anilines is 1. The summed E-state index contributed by atoms with van der Waals surface area (Å²) in [5.74, 6) is -0.107. The van der Waals surface area contributed by atoms with Crippen molar-refractivity contribution in [3.8, 4) is 5.69 Å². The minimum Gasteiger partial charge on any atom is -0.322 e. The Balaban J connectivity index is 1.36. The Bertz CT molecular complexity index is 1090. The molecule has 3 unspecified atom stereocenters. The summed E-state index contributed by atoms with van der Waals surface area (Å²) >= 11 is 0. The molecular weight excluding hydrogens is 400 g/mol. The molecule has 2 saturated heterocycles. The van der Waals surface area contributed by atoms with Gasteiger partial charge >= 0.3 is 0 Å². The van der Waals surface area contributed by atoms with Gasteiger partial charge in [-0.1, -0.05) is 0 Å². The highest BCUT2D eigenvalue weighted by molar-refractivity contribution is 6.04. The van der Waals surface area contributed by atoms with Gasteiger partial charge in [0.15, 0.2) is 0 Å². The number of likely N-dealkylation sites (tertiary alicyclic amines) is 1. The molecule has 2 N–H and O–H groups in total. The van der Waals surface area contributed by atoms with Crippen molar-refractivity contribution in [3.63, 3.8) is 0 Å². The smallest absolute Gasteiger partial charge is 0.255 e. The molecule has 2 fully saturated rings. The van der Waals surface area contributed by atoms with Crippen molar-refractivity contribution in [2.24, 2.45) is 0 Å². The molecule has 3 heterocycles. The number of carbonyl (C=O) groups is 1. The fourth-order valence-electron chi connectivity index (χ4n) is 5.62. The molecular formula is C25H31N6O+. The first kappa shape index (κ1) is 20.8. The van der Waals surface area contributed by atoms with Gasteiger partial charge in [-0.15, -0.1) is 0 Å². The standard InChI is InChI=1S/C25H30N6O/c1-18-14-22(31(13-3-4-19(31)2)23-11-12-26-15-23)9-10-24(18)29-25(32)20-5-7-21(8-6-20)30-17-27-16-28-30/h5-10,14,16-17,19,23,26H,3-4,11-13,15H2,1-2H3/p+1. The average molecular weight is 432 g/mol. The number of rotatable bonds is 5. The van der Waals surface area contributed by atoms with Crippen molar-refractivity contribution in [3.05, 3.63) is 66.2 Å². The summed E-state index contributed by atoms with van der Waals surface area (Å²) in [5.41, 5.74) is 4.85. The number of hydrogen-bond acceptors (Lipinski definition) is 4. The minimum atomic E-state index is -0.107. The van der Waals surface area contributed by atoms with Crippen molar-refractivity contribution >= 4 is 17.3 Å². The minimum absolute atomic E-state index is 0.107. The number of aromatic nitrogens is 3.